The largest absolute Gasteiger partial charge is 0.352 e. The molecule has 1 fully saturated rings. The van der Waals surface area contributed by atoms with Crippen LogP contribution in [0.15, 0.2) is 47.9 Å². The van der Waals surface area contributed by atoms with Crippen LogP contribution in [0.3, 0.4) is 0 Å². The van der Waals surface area contributed by atoms with Crippen molar-refractivity contribution in [2.24, 2.45) is 5.92 Å². The Morgan fingerprint density at radius 1 is 1.38 bits per heavy atom. The van der Waals surface area contributed by atoms with Crippen LogP contribution in [0.4, 0.5) is 0 Å². The van der Waals surface area contributed by atoms with E-state index in [2.05, 4.69) is 11.9 Å². The minimum atomic E-state index is -3.52. The predicted octanol–water partition coefficient (Wildman–Crippen LogP) is 1.39. The van der Waals surface area contributed by atoms with Gasteiger partial charge >= 0.3 is 0 Å². The minimum absolute atomic E-state index is 0.108. The number of rotatable bonds is 5. The fourth-order valence-corrected chi connectivity index (χ4v) is 3.98. The maximum Gasteiger partial charge on any atom is 0.243 e. The summed E-state index contributed by atoms with van der Waals surface area (Å²) >= 11 is 0. The molecule has 1 aliphatic heterocycles. The van der Waals surface area contributed by atoms with E-state index in [1.807, 2.05) is 0 Å². The summed E-state index contributed by atoms with van der Waals surface area (Å²) in [5.74, 6) is -0.403. The molecular weight excluding hydrogens is 288 g/mol. The second-order valence-corrected chi connectivity index (χ2v) is 6.99. The van der Waals surface area contributed by atoms with Gasteiger partial charge in [-0.05, 0) is 25.0 Å². The molecule has 21 heavy (non-hydrogen) atoms. The van der Waals surface area contributed by atoms with Gasteiger partial charge in [0, 0.05) is 19.6 Å². The van der Waals surface area contributed by atoms with E-state index in [0.29, 0.717) is 25.9 Å². The third-order valence-electron chi connectivity index (χ3n) is 3.56. The van der Waals surface area contributed by atoms with Crippen LogP contribution in [0.2, 0.25) is 0 Å². The summed E-state index contributed by atoms with van der Waals surface area (Å²) in [7, 11) is -3.52. The number of carbonyl (C=O) groups excluding carboxylic acids is 1. The average molecular weight is 308 g/mol. The van der Waals surface area contributed by atoms with Crippen molar-refractivity contribution in [3.8, 4) is 0 Å². The number of carbonyl (C=O) groups is 1. The number of sulfonamides is 1. The lowest BCUT2D eigenvalue weighted by molar-refractivity contribution is -0.125. The van der Waals surface area contributed by atoms with Gasteiger partial charge in [-0.2, -0.15) is 4.31 Å². The average Bonchev–Trinajstić information content (AvgIpc) is 2.53. The molecule has 0 unspecified atom stereocenters. The van der Waals surface area contributed by atoms with Crippen LogP contribution in [-0.2, 0) is 14.8 Å². The van der Waals surface area contributed by atoms with Gasteiger partial charge in [-0.3, -0.25) is 4.79 Å². The monoisotopic (exact) mass is 308 g/mol. The first-order valence-corrected chi connectivity index (χ1v) is 8.43. The molecule has 5 nitrogen and oxygen atoms in total. The van der Waals surface area contributed by atoms with E-state index in [9.17, 15) is 13.2 Å². The summed E-state index contributed by atoms with van der Waals surface area (Å²) < 4.78 is 26.5. The van der Waals surface area contributed by atoms with Gasteiger partial charge in [0.2, 0.25) is 15.9 Å². The standard InChI is InChI=1S/C15H20N2O3S/c1-2-10-16-15(18)13-7-6-11-17(12-13)21(19,20)14-8-4-3-5-9-14/h2-5,8-9,13H,1,6-7,10-12H2,(H,16,18)/t13-/m1/s1. The van der Waals surface area contributed by atoms with Crippen molar-refractivity contribution in [2.75, 3.05) is 19.6 Å². The zero-order valence-corrected chi connectivity index (χ0v) is 12.7. The number of nitrogens with zero attached hydrogens (tertiary/aromatic N) is 1. The molecule has 0 saturated carbocycles. The van der Waals surface area contributed by atoms with Crippen LogP contribution < -0.4 is 5.32 Å². The third kappa shape index (κ3) is 3.71. The molecule has 1 N–H and O–H groups in total. The van der Waals surface area contributed by atoms with Crippen molar-refractivity contribution < 1.29 is 13.2 Å². The van der Waals surface area contributed by atoms with Crippen molar-refractivity contribution in [1.82, 2.24) is 9.62 Å². The van der Waals surface area contributed by atoms with E-state index < -0.39 is 10.0 Å². The van der Waals surface area contributed by atoms with E-state index in [4.69, 9.17) is 0 Å². The van der Waals surface area contributed by atoms with E-state index in [1.54, 1.807) is 36.4 Å². The number of hydrogen-bond donors (Lipinski definition) is 1. The van der Waals surface area contributed by atoms with Gasteiger partial charge in [-0.15, -0.1) is 6.58 Å². The van der Waals surface area contributed by atoms with E-state index in [0.717, 1.165) is 0 Å². The molecule has 1 amide bonds. The molecule has 0 aromatic heterocycles. The summed E-state index contributed by atoms with van der Waals surface area (Å²) in [6.07, 6.45) is 3.02. The normalized spacial score (nSPS) is 19.9. The minimum Gasteiger partial charge on any atom is -0.352 e. The Balaban J connectivity index is 2.10. The van der Waals surface area contributed by atoms with Crippen LogP contribution >= 0.6 is 0 Å². The Bertz CT molecular complexity index is 599. The molecule has 1 heterocycles. The highest BCUT2D eigenvalue weighted by molar-refractivity contribution is 7.89. The van der Waals surface area contributed by atoms with Gasteiger partial charge in [-0.1, -0.05) is 24.3 Å². The molecule has 1 aliphatic rings. The highest BCUT2D eigenvalue weighted by atomic mass is 32.2. The molecule has 0 aliphatic carbocycles. The van der Waals surface area contributed by atoms with Gasteiger partial charge in [0.1, 0.15) is 0 Å². The number of hydrogen-bond acceptors (Lipinski definition) is 3. The van der Waals surface area contributed by atoms with Crippen molar-refractivity contribution in [3.05, 3.63) is 43.0 Å². The molecule has 1 aromatic rings. The molecule has 1 aromatic carbocycles. The highest BCUT2D eigenvalue weighted by Gasteiger charge is 2.32. The summed E-state index contributed by atoms with van der Waals surface area (Å²) in [4.78, 5) is 12.3. The van der Waals surface area contributed by atoms with Gasteiger partial charge < -0.3 is 5.32 Å². The lowest BCUT2D eigenvalue weighted by Crippen LogP contribution is -2.45. The van der Waals surface area contributed by atoms with Gasteiger partial charge in [-0.25, -0.2) is 8.42 Å². The first kappa shape index (κ1) is 15.7. The van der Waals surface area contributed by atoms with Crippen molar-refractivity contribution in [3.63, 3.8) is 0 Å². The topological polar surface area (TPSA) is 66.5 Å². The lowest BCUT2D eigenvalue weighted by Gasteiger charge is -2.31. The first-order valence-electron chi connectivity index (χ1n) is 6.99. The molecule has 0 bridgehead atoms. The fourth-order valence-electron chi connectivity index (χ4n) is 2.43. The van der Waals surface area contributed by atoms with E-state index >= 15 is 0 Å². The van der Waals surface area contributed by atoms with Crippen LogP contribution in [0.25, 0.3) is 0 Å². The quantitative estimate of drug-likeness (QED) is 0.836. The van der Waals surface area contributed by atoms with E-state index in [-0.39, 0.29) is 23.3 Å². The van der Waals surface area contributed by atoms with Crippen molar-refractivity contribution in [2.45, 2.75) is 17.7 Å². The summed E-state index contributed by atoms with van der Waals surface area (Å²) in [6.45, 7) is 4.65. The SMILES string of the molecule is C=CCNC(=O)[C@@H]1CCCN(S(=O)(=O)c2ccccc2)C1. The summed E-state index contributed by atoms with van der Waals surface area (Å²) in [6, 6.07) is 8.34. The molecule has 6 heteroatoms. The molecule has 1 saturated heterocycles. The summed E-state index contributed by atoms with van der Waals surface area (Å²) in [5.41, 5.74) is 0. The zero-order valence-electron chi connectivity index (χ0n) is 11.9. The number of benzene rings is 1. The molecule has 114 valence electrons. The second-order valence-electron chi connectivity index (χ2n) is 5.05. The summed E-state index contributed by atoms with van der Waals surface area (Å²) in [5, 5.41) is 2.74. The smallest absolute Gasteiger partial charge is 0.243 e. The van der Waals surface area contributed by atoms with Crippen LogP contribution in [0.1, 0.15) is 12.8 Å². The third-order valence-corrected chi connectivity index (χ3v) is 5.44. The zero-order chi connectivity index (χ0) is 15.3. The lowest BCUT2D eigenvalue weighted by atomic mass is 9.99. The van der Waals surface area contributed by atoms with Crippen molar-refractivity contribution >= 4 is 15.9 Å². The second kappa shape index (κ2) is 6.87. The molecule has 0 radical (unpaired) electrons. The number of piperidine rings is 1. The van der Waals surface area contributed by atoms with Gasteiger partial charge in [0.05, 0.1) is 10.8 Å². The van der Waals surface area contributed by atoms with Crippen molar-refractivity contribution in [1.29, 1.82) is 0 Å². The van der Waals surface area contributed by atoms with Crippen LogP contribution in [-0.4, -0.2) is 38.3 Å². The fraction of sp³-hybridized carbons (Fsp3) is 0.400. The Morgan fingerprint density at radius 2 is 2.10 bits per heavy atom. The molecule has 2 rings (SSSR count). The number of nitrogens with one attached hydrogen (secondary N) is 1. The molecule has 1 atom stereocenters. The van der Waals surface area contributed by atoms with Crippen LogP contribution in [0, 0.1) is 5.92 Å². The molecular formula is C15H20N2O3S. The van der Waals surface area contributed by atoms with Gasteiger partial charge in [0.15, 0.2) is 0 Å². The maximum atomic E-state index is 12.5. The van der Waals surface area contributed by atoms with E-state index in [1.165, 1.54) is 4.31 Å². The Kier molecular flexibility index (Phi) is 5.14. The predicted molar refractivity (Wildman–Crippen MR) is 81.1 cm³/mol. The number of amides is 1. The van der Waals surface area contributed by atoms with Gasteiger partial charge in [0.25, 0.3) is 0 Å². The Hall–Kier alpha value is -1.66. The Labute approximate surface area is 125 Å². The first-order chi connectivity index (χ1) is 10.1. The molecule has 0 spiro atoms. The maximum absolute atomic E-state index is 12.5. The Morgan fingerprint density at radius 3 is 2.76 bits per heavy atom. The highest BCUT2D eigenvalue weighted by Crippen LogP contribution is 2.23. The van der Waals surface area contributed by atoms with Crippen LogP contribution in [0.5, 0.6) is 0 Å².